The van der Waals surface area contributed by atoms with Crippen molar-refractivity contribution in [3.8, 4) is 23.1 Å². The third-order valence-corrected chi connectivity index (χ3v) is 4.07. The van der Waals surface area contributed by atoms with E-state index in [-0.39, 0.29) is 23.0 Å². The molecule has 26 heavy (non-hydrogen) atoms. The molecule has 8 heteroatoms. The maximum Gasteiger partial charge on any atom is 0.264 e. The van der Waals surface area contributed by atoms with Crippen LogP contribution in [0.5, 0.6) is 5.75 Å². The summed E-state index contributed by atoms with van der Waals surface area (Å²) in [4.78, 5) is 16.0. The normalized spacial score (nSPS) is 10.2. The van der Waals surface area contributed by atoms with E-state index in [1.165, 1.54) is 5.38 Å². The number of hydrogen-bond donors (Lipinski definition) is 1. The van der Waals surface area contributed by atoms with E-state index in [1.54, 1.807) is 24.3 Å². The fourth-order valence-electron chi connectivity index (χ4n) is 2.08. The van der Waals surface area contributed by atoms with E-state index >= 15 is 0 Å². The Kier molecular flexibility index (Phi) is 5.20. The summed E-state index contributed by atoms with van der Waals surface area (Å²) in [5, 5.41) is 13.0. The molecule has 1 heterocycles. The van der Waals surface area contributed by atoms with Gasteiger partial charge in [0.1, 0.15) is 17.4 Å². The lowest BCUT2D eigenvalue weighted by Gasteiger charge is -2.05. The Balaban J connectivity index is 1.60. The van der Waals surface area contributed by atoms with Crippen LogP contribution >= 0.6 is 11.3 Å². The van der Waals surface area contributed by atoms with Crippen LogP contribution < -0.4 is 10.1 Å². The number of thiazole rings is 1. The predicted octanol–water partition coefficient (Wildman–Crippen LogP) is 3.98. The van der Waals surface area contributed by atoms with Gasteiger partial charge in [0.15, 0.2) is 11.7 Å². The molecule has 5 nitrogen and oxygen atoms in total. The highest BCUT2D eigenvalue weighted by Crippen LogP contribution is 2.27. The molecule has 0 saturated heterocycles. The number of amides is 1. The van der Waals surface area contributed by atoms with Gasteiger partial charge in [-0.25, -0.2) is 13.8 Å². The van der Waals surface area contributed by atoms with Crippen LogP contribution in [0.1, 0.15) is 5.56 Å². The molecule has 3 aromatic rings. The molecule has 130 valence electrons. The zero-order valence-corrected chi connectivity index (χ0v) is 14.0. The predicted molar refractivity (Wildman–Crippen MR) is 92.7 cm³/mol. The van der Waals surface area contributed by atoms with E-state index in [4.69, 9.17) is 10.00 Å². The van der Waals surface area contributed by atoms with Crippen LogP contribution in [0.25, 0.3) is 11.3 Å². The molecule has 0 atom stereocenters. The molecule has 2 aromatic carbocycles. The van der Waals surface area contributed by atoms with Gasteiger partial charge in [0, 0.05) is 10.9 Å². The standard InChI is InChI=1S/C18H11F2N3O2S/c19-12-3-6-15(20)14(7-12)16-10-26-18(22-16)23-17(24)9-25-13-4-1-11(8-21)2-5-13/h1-7,10H,9H2,(H,22,23,24). The Bertz CT molecular complexity index is 981. The van der Waals surface area contributed by atoms with Crippen molar-refractivity contribution in [3.63, 3.8) is 0 Å². The number of ether oxygens (including phenoxy) is 1. The Hall–Kier alpha value is -3.31. The van der Waals surface area contributed by atoms with Crippen molar-refractivity contribution in [2.24, 2.45) is 0 Å². The fraction of sp³-hybridized carbons (Fsp3) is 0.0556. The molecule has 0 spiro atoms. The van der Waals surface area contributed by atoms with Crippen LogP contribution in [0.2, 0.25) is 0 Å². The molecule has 0 aliphatic carbocycles. The van der Waals surface area contributed by atoms with Crippen LogP contribution in [0.15, 0.2) is 47.8 Å². The third kappa shape index (κ3) is 4.20. The summed E-state index contributed by atoms with van der Waals surface area (Å²) < 4.78 is 32.3. The van der Waals surface area contributed by atoms with Gasteiger partial charge in [-0.05, 0) is 42.5 Å². The monoisotopic (exact) mass is 371 g/mol. The second kappa shape index (κ2) is 7.72. The van der Waals surface area contributed by atoms with Gasteiger partial charge in [-0.3, -0.25) is 10.1 Å². The second-order valence-electron chi connectivity index (χ2n) is 5.14. The first-order chi connectivity index (χ1) is 12.5. The minimum absolute atomic E-state index is 0.0237. The Morgan fingerprint density at radius 2 is 2.00 bits per heavy atom. The smallest absolute Gasteiger partial charge is 0.264 e. The SMILES string of the molecule is N#Cc1ccc(OCC(=O)Nc2nc(-c3cc(F)ccc3F)cs2)cc1. The van der Waals surface area contributed by atoms with Gasteiger partial charge in [-0.2, -0.15) is 5.26 Å². The van der Waals surface area contributed by atoms with Crippen LogP contribution in [0.4, 0.5) is 13.9 Å². The maximum atomic E-state index is 13.8. The van der Waals surface area contributed by atoms with Crippen molar-refractivity contribution in [1.82, 2.24) is 4.98 Å². The van der Waals surface area contributed by atoms with E-state index in [1.807, 2.05) is 6.07 Å². The molecule has 1 amide bonds. The first kappa shape index (κ1) is 17.5. The quantitative estimate of drug-likeness (QED) is 0.736. The van der Waals surface area contributed by atoms with Crippen LogP contribution in [-0.2, 0) is 4.79 Å². The number of anilines is 1. The van der Waals surface area contributed by atoms with Crippen molar-refractivity contribution in [3.05, 3.63) is 65.0 Å². The van der Waals surface area contributed by atoms with Gasteiger partial charge in [0.2, 0.25) is 0 Å². The number of carbonyl (C=O) groups excluding carboxylic acids is 1. The molecule has 0 saturated carbocycles. The molecule has 0 fully saturated rings. The van der Waals surface area contributed by atoms with Gasteiger partial charge in [-0.1, -0.05) is 0 Å². The van der Waals surface area contributed by atoms with Crippen LogP contribution in [0, 0.1) is 23.0 Å². The summed E-state index contributed by atoms with van der Waals surface area (Å²) in [6.45, 7) is -0.255. The second-order valence-corrected chi connectivity index (χ2v) is 5.99. The van der Waals surface area contributed by atoms with E-state index in [2.05, 4.69) is 10.3 Å². The Morgan fingerprint density at radius 3 is 2.73 bits per heavy atom. The van der Waals surface area contributed by atoms with Crippen LogP contribution in [0.3, 0.4) is 0 Å². The number of nitrogens with one attached hydrogen (secondary N) is 1. The number of nitrogens with zero attached hydrogens (tertiary/aromatic N) is 2. The molecule has 0 aliphatic heterocycles. The number of hydrogen-bond acceptors (Lipinski definition) is 5. The number of nitriles is 1. The van der Waals surface area contributed by atoms with E-state index in [0.29, 0.717) is 11.3 Å². The van der Waals surface area contributed by atoms with Crippen molar-refractivity contribution in [1.29, 1.82) is 5.26 Å². The lowest BCUT2D eigenvalue weighted by Crippen LogP contribution is -2.20. The lowest BCUT2D eigenvalue weighted by molar-refractivity contribution is -0.118. The molecule has 1 N–H and O–H groups in total. The fourth-order valence-corrected chi connectivity index (χ4v) is 2.81. The summed E-state index contributed by atoms with van der Waals surface area (Å²) in [5.74, 6) is -1.18. The highest BCUT2D eigenvalue weighted by atomic mass is 32.1. The maximum absolute atomic E-state index is 13.8. The van der Waals surface area contributed by atoms with E-state index < -0.39 is 17.5 Å². The molecular formula is C18H11F2N3O2S. The average Bonchev–Trinajstić information content (AvgIpc) is 3.10. The van der Waals surface area contributed by atoms with Crippen molar-refractivity contribution >= 4 is 22.4 Å². The number of rotatable bonds is 5. The zero-order chi connectivity index (χ0) is 18.5. The number of benzene rings is 2. The molecular weight excluding hydrogens is 360 g/mol. The van der Waals surface area contributed by atoms with Gasteiger partial charge in [0.05, 0.1) is 17.3 Å². The van der Waals surface area contributed by atoms with Gasteiger partial charge < -0.3 is 4.74 Å². The Labute approximate surface area is 151 Å². The summed E-state index contributed by atoms with van der Waals surface area (Å²) in [7, 11) is 0. The van der Waals surface area contributed by atoms with Crippen molar-refractivity contribution < 1.29 is 18.3 Å². The summed E-state index contributed by atoms with van der Waals surface area (Å²) >= 11 is 1.09. The van der Waals surface area contributed by atoms with Gasteiger partial charge in [0.25, 0.3) is 5.91 Å². The number of carbonyl (C=O) groups is 1. The first-order valence-electron chi connectivity index (χ1n) is 7.39. The van der Waals surface area contributed by atoms with E-state index in [0.717, 1.165) is 29.5 Å². The zero-order valence-electron chi connectivity index (χ0n) is 13.2. The topological polar surface area (TPSA) is 75.0 Å². The molecule has 0 aliphatic rings. The van der Waals surface area contributed by atoms with E-state index in [9.17, 15) is 13.6 Å². The molecule has 0 bridgehead atoms. The number of aromatic nitrogens is 1. The summed E-state index contributed by atoms with van der Waals surface area (Å²) in [6.07, 6.45) is 0. The molecule has 0 radical (unpaired) electrons. The Morgan fingerprint density at radius 1 is 1.23 bits per heavy atom. The van der Waals surface area contributed by atoms with Crippen LogP contribution in [-0.4, -0.2) is 17.5 Å². The summed E-state index contributed by atoms with van der Waals surface area (Å²) in [5.41, 5.74) is 0.743. The van der Waals surface area contributed by atoms with Gasteiger partial charge >= 0.3 is 0 Å². The lowest BCUT2D eigenvalue weighted by atomic mass is 10.1. The minimum atomic E-state index is -0.598. The molecule has 1 aromatic heterocycles. The van der Waals surface area contributed by atoms with Crippen molar-refractivity contribution in [2.45, 2.75) is 0 Å². The molecule has 0 unspecified atom stereocenters. The third-order valence-electron chi connectivity index (χ3n) is 3.31. The highest BCUT2D eigenvalue weighted by Gasteiger charge is 2.12. The first-order valence-corrected chi connectivity index (χ1v) is 8.27. The number of halogens is 2. The minimum Gasteiger partial charge on any atom is -0.484 e. The molecule has 3 rings (SSSR count). The van der Waals surface area contributed by atoms with Gasteiger partial charge in [-0.15, -0.1) is 11.3 Å². The largest absolute Gasteiger partial charge is 0.484 e. The average molecular weight is 371 g/mol. The van der Waals surface area contributed by atoms with Crippen molar-refractivity contribution in [2.75, 3.05) is 11.9 Å². The summed E-state index contributed by atoms with van der Waals surface area (Å²) in [6, 6.07) is 11.4. The highest BCUT2D eigenvalue weighted by molar-refractivity contribution is 7.14.